The van der Waals surface area contributed by atoms with Crippen LogP contribution in [-0.4, -0.2) is 76.0 Å². The number of ether oxygens (including phenoxy) is 3. The Morgan fingerprint density at radius 2 is 2.10 bits per heavy atom. The molecule has 1 rings (SSSR count). The lowest BCUT2D eigenvalue weighted by Crippen LogP contribution is -2.47. The molecular formula is C13H24N2O5. The summed E-state index contributed by atoms with van der Waals surface area (Å²) >= 11 is 0. The molecule has 0 aromatic rings. The van der Waals surface area contributed by atoms with Crippen LogP contribution in [0.25, 0.3) is 0 Å². The summed E-state index contributed by atoms with van der Waals surface area (Å²) in [6, 6.07) is -0.314. The second kappa shape index (κ2) is 8.89. The van der Waals surface area contributed by atoms with Crippen LogP contribution in [-0.2, 0) is 23.8 Å². The monoisotopic (exact) mass is 288 g/mol. The van der Waals surface area contributed by atoms with Gasteiger partial charge in [0.1, 0.15) is 6.54 Å². The number of carbonyl (C=O) groups excluding carboxylic acids is 2. The van der Waals surface area contributed by atoms with Crippen LogP contribution in [0, 0.1) is 0 Å². The Hall–Kier alpha value is -1.18. The molecular weight excluding hydrogens is 264 g/mol. The molecule has 0 aromatic carbocycles. The number of carbonyl (C=O) groups is 2. The average Bonchev–Trinajstić information content (AvgIpc) is 2.91. The first-order chi connectivity index (χ1) is 9.62. The highest BCUT2D eigenvalue weighted by atomic mass is 16.5. The van der Waals surface area contributed by atoms with E-state index in [0.29, 0.717) is 32.7 Å². The van der Waals surface area contributed by atoms with Gasteiger partial charge in [0, 0.05) is 27.3 Å². The molecule has 0 bridgehead atoms. The van der Waals surface area contributed by atoms with Crippen molar-refractivity contribution in [3.05, 3.63) is 0 Å². The molecule has 0 aromatic heterocycles. The fourth-order valence-electron chi connectivity index (χ4n) is 2.12. The lowest BCUT2D eigenvalue weighted by Gasteiger charge is -2.24. The third-order valence-electron chi connectivity index (χ3n) is 3.22. The Labute approximate surface area is 119 Å². The molecule has 1 aliphatic rings. The van der Waals surface area contributed by atoms with Crippen molar-refractivity contribution in [2.75, 3.05) is 47.1 Å². The second-order valence-corrected chi connectivity index (χ2v) is 4.61. The second-order valence-electron chi connectivity index (χ2n) is 4.61. The highest BCUT2D eigenvalue weighted by Gasteiger charge is 2.33. The zero-order valence-electron chi connectivity index (χ0n) is 12.4. The number of rotatable bonds is 8. The van der Waals surface area contributed by atoms with E-state index >= 15 is 0 Å². The predicted molar refractivity (Wildman–Crippen MR) is 72.3 cm³/mol. The number of nitrogens with one attached hydrogen (secondary N) is 1. The minimum absolute atomic E-state index is 0.0378. The van der Waals surface area contributed by atoms with Crippen molar-refractivity contribution in [3.8, 4) is 0 Å². The summed E-state index contributed by atoms with van der Waals surface area (Å²) in [5, 5.41) is 3.11. The topological polar surface area (TPSA) is 77.1 Å². The summed E-state index contributed by atoms with van der Waals surface area (Å²) in [6.07, 6.45) is 0.651. The Bertz CT molecular complexity index is 324. The summed E-state index contributed by atoms with van der Waals surface area (Å²) in [6.45, 7) is 3.38. The van der Waals surface area contributed by atoms with Gasteiger partial charge in [-0.2, -0.15) is 0 Å². The van der Waals surface area contributed by atoms with Gasteiger partial charge >= 0.3 is 5.97 Å². The van der Waals surface area contributed by atoms with Crippen molar-refractivity contribution in [3.63, 3.8) is 0 Å². The van der Waals surface area contributed by atoms with E-state index in [1.54, 1.807) is 21.1 Å². The van der Waals surface area contributed by atoms with E-state index in [1.165, 1.54) is 4.90 Å². The van der Waals surface area contributed by atoms with Crippen LogP contribution in [0.2, 0.25) is 0 Å². The number of nitrogens with zero attached hydrogens (tertiary/aromatic N) is 1. The fourth-order valence-corrected chi connectivity index (χ4v) is 2.12. The molecule has 7 nitrogen and oxygen atoms in total. The number of methoxy groups -OCH3 is 2. The third kappa shape index (κ3) is 5.07. The maximum atomic E-state index is 12.4. The molecule has 0 saturated carbocycles. The van der Waals surface area contributed by atoms with Crippen molar-refractivity contribution in [2.45, 2.75) is 25.5 Å². The molecule has 1 aliphatic heterocycles. The minimum Gasteiger partial charge on any atom is -0.465 e. The van der Waals surface area contributed by atoms with Crippen LogP contribution >= 0.6 is 0 Å². The molecule has 2 unspecified atom stereocenters. The van der Waals surface area contributed by atoms with E-state index < -0.39 is 5.97 Å². The van der Waals surface area contributed by atoms with Crippen LogP contribution in [0.4, 0.5) is 0 Å². The highest BCUT2D eigenvalue weighted by molar-refractivity contribution is 5.86. The first-order valence-corrected chi connectivity index (χ1v) is 6.81. The molecule has 1 N–H and O–H groups in total. The van der Waals surface area contributed by atoms with Gasteiger partial charge in [-0.1, -0.05) is 0 Å². The molecule has 0 aliphatic carbocycles. The van der Waals surface area contributed by atoms with Crippen molar-refractivity contribution < 1.29 is 23.8 Å². The van der Waals surface area contributed by atoms with E-state index in [0.717, 1.165) is 0 Å². The van der Waals surface area contributed by atoms with Crippen LogP contribution in [0.5, 0.6) is 0 Å². The first-order valence-electron chi connectivity index (χ1n) is 6.81. The van der Waals surface area contributed by atoms with Crippen molar-refractivity contribution >= 4 is 11.9 Å². The smallest absolute Gasteiger partial charge is 0.325 e. The summed E-state index contributed by atoms with van der Waals surface area (Å²) in [7, 11) is 3.18. The Kier molecular flexibility index (Phi) is 7.50. The number of hydrogen-bond donors (Lipinski definition) is 1. The van der Waals surface area contributed by atoms with E-state index in [4.69, 9.17) is 14.2 Å². The summed E-state index contributed by atoms with van der Waals surface area (Å²) in [4.78, 5) is 25.4. The van der Waals surface area contributed by atoms with Crippen molar-refractivity contribution in [1.82, 2.24) is 10.2 Å². The van der Waals surface area contributed by atoms with Crippen molar-refractivity contribution in [1.29, 1.82) is 0 Å². The highest BCUT2D eigenvalue weighted by Crippen LogP contribution is 2.12. The zero-order valence-corrected chi connectivity index (χ0v) is 12.4. The molecule has 1 saturated heterocycles. The van der Waals surface area contributed by atoms with E-state index in [1.807, 2.05) is 0 Å². The van der Waals surface area contributed by atoms with E-state index in [-0.39, 0.29) is 24.6 Å². The van der Waals surface area contributed by atoms with Crippen LogP contribution in [0.3, 0.4) is 0 Å². The van der Waals surface area contributed by atoms with Crippen molar-refractivity contribution in [2.24, 2.45) is 0 Å². The first kappa shape index (κ1) is 16.9. The fraction of sp³-hybridized carbons (Fsp3) is 0.846. The van der Waals surface area contributed by atoms with E-state index in [9.17, 15) is 9.59 Å². The van der Waals surface area contributed by atoms with Gasteiger partial charge in [0.15, 0.2) is 0 Å². The van der Waals surface area contributed by atoms with Crippen LogP contribution in [0.1, 0.15) is 13.3 Å². The maximum absolute atomic E-state index is 12.4. The molecule has 0 radical (unpaired) electrons. The molecule has 7 heteroatoms. The third-order valence-corrected chi connectivity index (χ3v) is 3.22. The Morgan fingerprint density at radius 3 is 2.65 bits per heavy atom. The largest absolute Gasteiger partial charge is 0.465 e. The molecule has 20 heavy (non-hydrogen) atoms. The summed E-state index contributed by atoms with van der Waals surface area (Å²) < 4.78 is 15.1. The van der Waals surface area contributed by atoms with Gasteiger partial charge in [0.05, 0.1) is 25.4 Å². The average molecular weight is 288 g/mol. The lowest BCUT2D eigenvalue weighted by molar-refractivity contribution is -0.149. The predicted octanol–water partition coefficient (Wildman–Crippen LogP) is -0.599. The van der Waals surface area contributed by atoms with Gasteiger partial charge in [0.2, 0.25) is 5.91 Å². The molecule has 1 fully saturated rings. The minimum atomic E-state index is -0.404. The SMILES string of the molecule is CCOC(=O)CN(CCOC)C(=O)C1CC(OC)CN1. The van der Waals surface area contributed by atoms with Gasteiger partial charge in [-0.05, 0) is 13.3 Å². The lowest BCUT2D eigenvalue weighted by atomic mass is 10.1. The van der Waals surface area contributed by atoms with Gasteiger partial charge in [-0.25, -0.2) is 0 Å². The summed E-state index contributed by atoms with van der Waals surface area (Å²) in [5.74, 6) is -0.520. The number of esters is 1. The molecule has 0 spiro atoms. The van der Waals surface area contributed by atoms with Gasteiger partial charge < -0.3 is 24.4 Å². The Balaban J connectivity index is 2.57. The quantitative estimate of drug-likeness (QED) is 0.601. The van der Waals surface area contributed by atoms with Gasteiger partial charge in [-0.15, -0.1) is 0 Å². The maximum Gasteiger partial charge on any atom is 0.325 e. The van der Waals surface area contributed by atoms with Gasteiger partial charge in [0.25, 0.3) is 0 Å². The molecule has 116 valence electrons. The molecule has 2 atom stereocenters. The molecule has 1 heterocycles. The normalized spacial score (nSPS) is 21.8. The van der Waals surface area contributed by atoms with Crippen LogP contribution < -0.4 is 5.32 Å². The number of hydrogen-bond acceptors (Lipinski definition) is 6. The standard InChI is InChI=1S/C13H24N2O5/c1-4-20-12(16)9-15(5-6-18-2)13(17)11-7-10(19-3)8-14-11/h10-11,14H,4-9H2,1-3H3. The zero-order chi connectivity index (χ0) is 15.0. The summed E-state index contributed by atoms with van der Waals surface area (Å²) in [5.41, 5.74) is 0. The van der Waals surface area contributed by atoms with Gasteiger partial charge in [-0.3, -0.25) is 9.59 Å². The molecule has 1 amide bonds. The Morgan fingerprint density at radius 1 is 1.35 bits per heavy atom. The van der Waals surface area contributed by atoms with Crippen LogP contribution in [0.15, 0.2) is 0 Å². The van der Waals surface area contributed by atoms with E-state index in [2.05, 4.69) is 5.32 Å². The number of amides is 1.